The maximum absolute atomic E-state index is 5.37. The highest BCUT2D eigenvalue weighted by molar-refractivity contribution is 5.18. The molecule has 0 atom stereocenters. The smallest absolute Gasteiger partial charge is 0.240 e. The van der Waals surface area contributed by atoms with E-state index < -0.39 is 0 Å². The molecule has 0 saturated carbocycles. The number of likely N-dealkylation sites (N-methyl/N-ethyl adjacent to an activating group) is 1. The van der Waals surface area contributed by atoms with Crippen LogP contribution in [-0.2, 0) is 17.7 Å². The minimum absolute atomic E-state index is 0.681. The van der Waals surface area contributed by atoms with Gasteiger partial charge in [-0.25, -0.2) is 0 Å². The van der Waals surface area contributed by atoms with E-state index in [9.17, 15) is 0 Å². The van der Waals surface area contributed by atoms with Crippen molar-refractivity contribution in [3.8, 4) is 0 Å². The van der Waals surface area contributed by atoms with Crippen molar-refractivity contribution in [3.63, 3.8) is 0 Å². The summed E-state index contributed by atoms with van der Waals surface area (Å²) in [5.41, 5.74) is 1.19. The SMILES string of the molecule is CN(CCN1CCOCC1)Cc1nc(Cc2ccccc2)no1. The number of hydrogen-bond donors (Lipinski definition) is 0. The summed E-state index contributed by atoms with van der Waals surface area (Å²) in [6, 6.07) is 10.2. The van der Waals surface area contributed by atoms with E-state index in [2.05, 4.69) is 39.1 Å². The molecule has 3 rings (SSSR count). The van der Waals surface area contributed by atoms with E-state index in [1.807, 2.05) is 18.2 Å². The van der Waals surface area contributed by atoms with Crippen molar-refractivity contribution in [2.24, 2.45) is 0 Å². The van der Waals surface area contributed by atoms with E-state index in [4.69, 9.17) is 9.26 Å². The minimum atomic E-state index is 0.681. The van der Waals surface area contributed by atoms with E-state index in [-0.39, 0.29) is 0 Å². The second kappa shape index (κ2) is 8.19. The molecule has 2 aromatic rings. The maximum Gasteiger partial charge on any atom is 0.240 e. The lowest BCUT2D eigenvalue weighted by molar-refractivity contribution is 0.0338. The fourth-order valence-corrected chi connectivity index (χ4v) is 2.65. The third-order valence-corrected chi connectivity index (χ3v) is 4.02. The van der Waals surface area contributed by atoms with Gasteiger partial charge in [-0.1, -0.05) is 35.5 Å². The van der Waals surface area contributed by atoms with Gasteiger partial charge >= 0.3 is 0 Å². The zero-order valence-corrected chi connectivity index (χ0v) is 13.6. The molecule has 0 aliphatic carbocycles. The Hall–Kier alpha value is -1.76. The average Bonchev–Trinajstić information content (AvgIpc) is 3.02. The van der Waals surface area contributed by atoms with Crippen LogP contribution in [0.4, 0.5) is 0 Å². The van der Waals surface area contributed by atoms with Gasteiger partial charge in [0.2, 0.25) is 5.89 Å². The molecule has 124 valence electrons. The third kappa shape index (κ3) is 5.13. The van der Waals surface area contributed by atoms with E-state index >= 15 is 0 Å². The number of nitrogens with zero attached hydrogens (tertiary/aromatic N) is 4. The molecule has 23 heavy (non-hydrogen) atoms. The first-order valence-corrected chi connectivity index (χ1v) is 8.13. The summed E-state index contributed by atoms with van der Waals surface area (Å²) in [6.07, 6.45) is 0.710. The fourth-order valence-electron chi connectivity index (χ4n) is 2.65. The van der Waals surface area contributed by atoms with E-state index in [0.717, 1.165) is 45.2 Å². The van der Waals surface area contributed by atoms with Crippen LogP contribution in [0.15, 0.2) is 34.9 Å². The van der Waals surface area contributed by atoms with E-state index in [1.54, 1.807) is 0 Å². The Bertz CT molecular complexity index is 581. The first kappa shape index (κ1) is 16.1. The number of hydrogen-bond acceptors (Lipinski definition) is 6. The molecular weight excluding hydrogens is 292 g/mol. The van der Waals surface area contributed by atoms with E-state index in [1.165, 1.54) is 5.56 Å². The zero-order chi connectivity index (χ0) is 15.9. The molecule has 1 aromatic heterocycles. The molecule has 6 heteroatoms. The van der Waals surface area contributed by atoms with Gasteiger partial charge in [0, 0.05) is 32.6 Å². The Labute approximate surface area is 137 Å². The monoisotopic (exact) mass is 316 g/mol. The summed E-state index contributed by atoms with van der Waals surface area (Å²) in [7, 11) is 2.08. The van der Waals surface area contributed by atoms with Gasteiger partial charge in [-0.3, -0.25) is 9.80 Å². The van der Waals surface area contributed by atoms with Crippen LogP contribution in [0, 0.1) is 0 Å². The average molecular weight is 316 g/mol. The van der Waals surface area contributed by atoms with Crippen LogP contribution < -0.4 is 0 Å². The molecule has 2 heterocycles. The Morgan fingerprint density at radius 3 is 2.74 bits per heavy atom. The largest absolute Gasteiger partial charge is 0.379 e. The molecule has 0 radical (unpaired) electrons. The number of rotatable bonds is 7. The molecule has 0 amide bonds. The molecule has 0 bridgehead atoms. The van der Waals surface area contributed by atoms with Crippen molar-refractivity contribution >= 4 is 0 Å². The first-order valence-electron chi connectivity index (χ1n) is 8.13. The van der Waals surface area contributed by atoms with E-state index in [0.29, 0.717) is 18.9 Å². The molecule has 6 nitrogen and oxygen atoms in total. The Morgan fingerprint density at radius 1 is 1.17 bits per heavy atom. The Kier molecular flexibility index (Phi) is 5.74. The number of ether oxygens (including phenoxy) is 1. The standard InChI is InChI=1S/C17H24N4O2/c1-20(7-8-21-9-11-22-12-10-21)14-17-18-16(19-23-17)13-15-5-3-2-4-6-15/h2-6H,7-14H2,1H3. The molecule has 1 aliphatic heterocycles. The first-order chi connectivity index (χ1) is 11.3. The molecule has 0 unspecified atom stereocenters. The summed E-state index contributed by atoms with van der Waals surface area (Å²) < 4.78 is 10.7. The lowest BCUT2D eigenvalue weighted by atomic mass is 10.1. The van der Waals surface area contributed by atoms with Crippen LogP contribution in [0.2, 0.25) is 0 Å². The zero-order valence-electron chi connectivity index (χ0n) is 13.6. The second-order valence-corrected chi connectivity index (χ2v) is 5.96. The summed E-state index contributed by atoms with van der Waals surface area (Å²) >= 11 is 0. The summed E-state index contributed by atoms with van der Waals surface area (Å²) in [5.74, 6) is 1.42. The van der Waals surface area contributed by atoms with Crippen molar-refractivity contribution < 1.29 is 9.26 Å². The van der Waals surface area contributed by atoms with Crippen molar-refractivity contribution in [1.82, 2.24) is 19.9 Å². The highest BCUT2D eigenvalue weighted by Gasteiger charge is 2.13. The van der Waals surface area contributed by atoms with Gasteiger partial charge in [0.15, 0.2) is 5.82 Å². The summed E-state index contributed by atoms with van der Waals surface area (Å²) in [4.78, 5) is 9.13. The minimum Gasteiger partial charge on any atom is -0.379 e. The molecule has 1 saturated heterocycles. The normalized spacial score (nSPS) is 16.1. The lowest BCUT2D eigenvalue weighted by Crippen LogP contribution is -2.40. The number of morpholine rings is 1. The predicted molar refractivity (Wildman–Crippen MR) is 87.1 cm³/mol. The van der Waals surface area contributed by atoms with Crippen molar-refractivity contribution in [1.29, 1.82) is 0 Å². The van der Waals surface area contributed by atoms with Gasteiger partial charge in [0.1, 0.15) is 0 Å². The fraction of sp³-hybridized carbons (Fsp3) is 0.529. The maximum atomic E-state index is 5.37. The van der Waals surface area contributed by atoms with Gasteiger partial charge in [-0.2, -0.15) is 4.98 Å². The highest BCUT2D eigenvalue weighted by atomic mass is 16.5. The van der Waals surface area contributed by atoms with Gasteiger partial charge in [-0.05, 0) is 12.6 Å². The third-order valence-electron chi connectivity index (χ3n) is 4.02. The number of benzene rings is 1. The topological polar surface area (TPSA) is 54.6 Å². The van der Waals surface area contributed by atoms with Crippen LogP contribution in [-0.4, -0.2) is 66.4 Å². The summed E-state index contributed by atoms with van der Waals surface area (Å²) in [6.45, 7) is 6.45. The number of aromatic nitrogens is 2. The molecule has 0 spiro atoms. The van der Waals surface area contributed by atoms with Gasteiger partial charge < -0.3 is 9.26 Å². The Balaban J connectivity index is 1.44. The van der Waals surface area contributed by atoms with Crippen molar-refractivity contribution in [2.45, 2.75) is 13.0 Å². The lowest BCUT2D eigenvalue weighted by Gasteiger charge is -2.28. The molecule has 0 N–H and O–H groups in total. The van der Waals surface area contributed by atoms with Crippen LogP contribution in [0.3, 0.4) is 0 Å². The van der Waals surface area contributed by atoms with Crippen LogP contribution in [0.5, 0.6) is 0 Å². The summed E-state index contributed by atoms with van der Waals surface area (Å²) in [5, 5.41) is 4.07. The van der Waals surface area contributed by atoms with Gasteiger partial charge in [0.25, 0.3) is 0 Å². The second-order valence-electron chi connectivity index (χ2n) is 5.96. The van der Waals surface area contributed by atoms with Crippen molar-refractivity contribution in [2.75, 3.05) is 46.4 Å². The van der Waals surface area contributed by atoms with Crippen LogP contribution in [0.1, 0.15) is 17.3 Å². The van der Waals surface area contributed by atoms with Crippen LogP contribution in [0.25, 0.3) is 0 Å². The molecule has 1 aromatic carbocycles. The molecular formula is C17H24N4O2. The molecule has 1 fully saturated rings. The Morgan fingerprint density at radius 2 is 1.96 bits per heavy atom. The van der Waals surface area contributed by atoms with Gasteiger partial charge in [-0.15, -0.1) is 0 Å². The molecule has 1 aliphatic rings. The van der Waals surface area contributed by atoms with Crippen LogP contribution >= 0.6 is 0 Å². The van der Waals surface area contributed by atoms with Crippen molar-refractivity contribution in [3.05, 3.63) is 47.6 Å². The highest BCUT2D eigenvalue weighted by Crippen LogP contribution is 2.08. The van der Waals surface area contributed by atoms with Gasteiger partial charge in [0.05, 0.1) is 19.8 Å². The quantitative estimate of drug-likeness (QED) is 0.770. The predicted octanol–water partition coefficient (Wildman–Crippen LogP) is 1.42.